The summed E-state index contributed by atoms with van der Waals surface area (Å²) >= 11 is 0. The molecule has 3 aromatic carbocycles. The molecule has 33 heavy (non-hydrogen) atoms. The highest BCUT2D eigenvalue weighted by atomic mass is 16.3. The molecule has 0 bridgehead atoms. The third-order valence-electron chi connectivity index (χ3n) is 6.45. The van der Waals surface area contributed by atoms with E-state index < -0.39 is 23.7 Å². The van der Waals surface area contributed by atoms with E-state index in [4.69, 9.17) is 0 Å². The number of nitrogens with zero attached hydrogens (tertiary/aromatic N) is 2. The van der Waals surface area contributed by atoms with E-state index in [-0.39, 0.29) is 5.75 Å². The number of phenols is 1. The second-order valence-corrected chi connectivity index (χ2v) is 8.42. The monoisotopic (exact) mass is 436 g/mol. The van der Waals surface area contributed by atoms with Crippen LogP contribution in [0.5, 0.6) is 5.75 Å². The lowest BCUT2D eigenvalue weighted by atomic mass is 9.85. The summed E-state index contributed by atoms with van der Waals surface area (Å²) in [6, 6.07) is 17.7. The lowest BCUT2D eigenvalue weighted by Gasteiger charge is -2.28. The Morgan fingerprint density at radius 3 is 2.67 bits per heavy atom. The maximum Gasteiger partial charge on any atom is 0.295 e. The number of phenolic OH excluding ortho intramolecular Hbond substituents is 1. The predicted molar refractivity (Wildman–Crippen MR) is 125 cm³/mol. The zero-order chi connectivity index (χ0) is 22.7. The maximum atomic E-state index is 13.5. The quantitative estimate of drug-likeness (QED) is 0.363. The molecule has 6 rings (SSSR count). The molecule has 0 spiro atoms. The van der Waals surface area contributed by atoms with Crippen LogP contribution < -0.4 is 4.90 Å². The van der Waals surface area contributed by atoms with Gasteiger partial charge in [-0.25, -0.2) is 4.98 Å². The molecule has 2 atom stereocenters. The number of H-pyrrole nitrogens is 2. The number of hydrogen-bond acceptors (Lipinski definition) is 4. The van der Waals surface area contributed by atoms with Gasteiger partial charge in [-0.1, -0.05) is 35.9 Å². The predicted octanol–water partition coefficient (Wildman–Crippen LogP) is 4.50. The van der Waals surface area contributed by atoms with E-state index in [9.17, 15) is 14.7 Å². The van der Waals surface area contributed by atoms with E-state index in [0.29, 0.717) is 11.3 Å². The maximum absolute atomic E-state index is 13.5. The van der Waals surface area contributed by atoms with E-state index in [0.717, 1.165) is 33.1 Å². The Labute approximate surface area is 188 Å². The van der Waals surface area contributed by atoms with Crippen molar-refractivity contribution in [2.24, 2.45) is 0 Å². The molecule has 2 unspecified atom stereocenters. The second kappa shape index (κ2) is 7.06. The van der Waals surface area contributed by atoms with Crippen LogP contribution in [0.3, 0.4) is 0 Å². The number of fused-ring (bicyclic) bond motifs is 2. The highest BCUT2D eigenvalue weighted by Gasteiger charge is 2.51. The fourth-order valence-corrected chi connectivity index (χ4v) is 4.91. The molecule has 1 amide bonds. The SMILES string of the molecule is Cc1ccc(O)c(C2C(c3c[nH]c4ccccc34)C(=O)C(=O)N2c2ccc3nc[nH]c3c2)c1. The van der Waals surface area contributed by atoms with Gasteiger partial charge in [0.25, 0.3) is 5.91 Å². The van der Waals surface area contributed by atoms with E-state index in [2.05, 4.69) is 15.0 Å². The number of Topliss-reactive ketones (excluding diaryl/α,β-unsaturated/α-hetero) is 1. The first kappa shape index (κ1) is 19.3. The van der Waals surface area contributed by atoms with Crippen molar-refractivity contribution >= 4 is 39.3 Å². The van der Waals surface area contributed by atoms with Gasteiger partial charge in [0.2, 0.25) is 5.78 Å². The standard InChI is InChI=1S/C26H20N4O3/c1-14-6-9-22(31)17(10-14)24-23(18-12-27-19-5-3-2-4-16(18)19)25(32)26(33)30(24)15-7-8-20-21(11-15)29-13-28-20/h2-13,23-24,27,31H,1H3,(H,28,29). The minimum Gasteiger partial charge on any atom is -0.508 e. The highest BCUT2D eigenvalue weighted by Crippen LogP contribution is 2.49. The molecule has 7 nitrogen and oxygen atoms in total. The number of aromatic amines is 2. The minimum atomic E-state index is -0.779. The molecule has 2 aromatic heterocycles. The normalized spacial score (nSPS) is 18.6. The number of carbonyl (C=O) groups is 2. The molecule has 3 N–H and O–H groups in total. The molecule has 1 saturated heterocycles. The zero-order valence-electron chi connectivity index (χ0n) is 17.7. The van der Waals surface area contributed by atoms with Gasteiger partial charge in [0.1, 0.15) is 5.75 Å². The topological polar surface area (TPSA) is 102 Å². The van der Waals surface area contributed by atoms with Crippen molar-refractivity contribution in [1.29, 1.82) is 0 Å². The Morgan fingerprint density at radius 2 is 1.79 bits per heavy atom. The van der Waals surface area contributed by atoms with Gasteiger partial charge in [-0.2, -0.15) is 0 Å². The van der Waals surface area contributed by atoms with Crippen molar-refractivity contribution in [2.45, 2.75) is 18.9 Å². The van der Waals surface area contributed by atoms with Crippen molar-refractivity contribution in [3.8, 4) is 5.75 Å². The number of ketones is 1. The molecule has 162 valence electrons. The van der Waals surface area contributed by atoms with Crippen molar-refractivity contribution in [3.05, 3.63) is 89.9 Å². The molecule has 3 heterocycles. The molecule has 0 radical (unpaired) electrons. The molecule has 1 aliphatic rings. The number of rotatable bonds is 3. The summed E-state index contributed by atoms with van der Waals surface area (Å²) in [5.41, 5.74) is 5.18. The summed E-state index contributed by atoms with van der Waals surface area (Å²) in [4.78, 5) is 39.0. The smallest absolute Gasteiger partial charge is 0.295 e. The molecule has 1 aliphatic heterocycles. The average Bonchev–Trinajstić information content (AvgIpc) is 3.52. The van der Waals surface area contributed by atoms with E-state index in [1.807, 2.05) is 49.4 Å². The first-order chi connectivity index (χ1) is 16.0. The number of carbonyl (C=O) groups excluding carboxylic acids is 2. The van der Waals surface area contributed by atoms with Gasteiger partial charge in [-0.15, -0.1) is 0 Å². The second-order valence-electron chi connectivity index (χ2n) is 8.42. The van der Waals surface area contributed by atoms with Crippen LogP contribution in [0, 0.1) is 6.92 Å². The molecular formula is C26H20N4O3. The van der Waals surface area contributed by atoms with Gasteiger partial charge < -0.3 is 15.1 Å². The molecular weight excluding hydrogens is 416 g/mol. The number of amides is 1. The van der Waals surface area contributed by atoms with Crippen LogP contribution in [0.15, 0.2) is 73.2 Å². The third kappa shape index (κ3) is 2.86. The third-order valence-corrected chi connectivity index (χ3v) is 6.45. The summed E-state index contributed by atoms with van der Waals surface area (Å²) in [5, 5.41) is 11.7. The first-order valence-corrected chi connectivity index (χ1v) is 10.7. The van der Waals surface area contributed by atoms with Crippen LogP contribution in [0.2, 0.25) is 0 Å². The minimum absolute atomic E-state index is 0.0468. The largest absolute Gasteiger partial charge is 0.508 e. The molecule has 7 heteroatoms. The Morgan fingerprint density at radius 1 is 0.939 bits per heavy atom. The van der Waals surface area contributed by atoms with Crippen molar-refractivity contribution in [2.75, 3.05) is 4.90 Å². The van der Waals surface area contributed by atoms with Gasteiger partial charge in [-0.05, 0) is 42.8 Å². The van der Waals surface area contributed by atoms with Crippen LogP contribution >= 0.6 is 0 Å². The van der Waals surface area contributed by atoms with Crippen LogP contribution in [-0.4, -0.2) is 31.7 Å². The van der Waals surface area contributed by atoms with E-state index in [1.54, 1.807) is 30.7 Å². The van der Waals surface area contributed by atoms with E-state index in [1.165, 1.54) is 4.90 Å². The summed E-state index contributed by atoms with van der Waals surface area (Å²) in [6.45, 7) is 1.92. The number of benzene rings is 3. The number of aromatic nitrogens is 3. The molecule has 5 aromatic rings. The Hall–Kier alpha value is -4.39. The summed E-state index contributed by atoms with van der Waals surface area (Å²) in [7, 11) is 0. The number of para-hydroxylation sites is 1. The Bertz CT molecular complexity index is 1560. The van der Waals surface area contributed by atoms with Crippen molar-refractivity contribution < 1.29 is 14.7 Å². The van der Waals surface area contributed by atoms with Crippen molar-refractivity contribution in [1.82, 2.24) is 15.0 Å². The lowest BCUT2D eigenvalue weighted by Crippen LogP contribution is -2.29. The molecule has 0 aliphatic carbocycles. The molecule has 0 saturated carbocycles. The highest BCUT2D eigenvalue weighted by molar-refractivity contribution is 6.46. The molecule has 1 fully saturated rings. The lowest BCUT2D eigenvalue weighted by molar-refractivity contribution is -0.134. The van der Waals surface area contributed by atoms with Gasteiger partial charge in [-0.3, -0.25) is 14.5 Å². The summed E-state index contributed by atoms with van der Waals surface area (Å²) in [5.74, 6) is -1.84. The van der Waals surface area contributed by atoms with E-state index >= 15 is 0 Å². The van der Waals surface area contributed by atoms with Gasteiger partial charge in [0, 0.05) is 28.4 Å². The number of aromatic hydroxyl groups is 1. The van der Waals surface area contributed by atoms with Crippen LogP contribution in [-0.2, 0) is 9.59 Å². The van der Waals surface area contributed by atoms with Gasteiger partial charge in [0.05, 0.1) is 29.3 Å². The number of nitrogens with one attached hydrogen (secondary N) is 2. The Balaban J connectivity index is 1.60. The fourth-order valence-electron chi connectivity index (χ4n) is 4.91. The number of anilines is 1. The van der Waals surface area contributed by atoms with Gasteiger partial charge in [0.15, 0.2) is 0 Å². The van der Waals surface area contributed by atoms with Crippen LogP contribution in [0.25, 0.3) is 21.9 Å². The summed E-state index contributed by atoms with van der Waals surface area (Å²) in [6.07, 6.45) is 3.38. The van der Waals surface area contributed by atoms with Crippen molar-refractivity contribution in [3.63, 3.8) is 0 Å². The van der Waals surface area contributed by atoms with Gasteiger partial charge >= 0.3 is 0 Å². The van der Waals surface area contributed by atoms with Crippen LogP contribution in [0.4, 0.5) is 5.69 Å². The number of hydrogen-bond donors (Lipinski definition) is 3. The zero-order valence-corrected chi connectivity index (χ0v) is 17.7. The average molecular weight is 436 g/mol. The Kier molecular flexibility index (Phi) is 4.13. The fraction of sp³-hybridized carbons (Fsp3) is 0.115. The number of imidazole rings is 1. The summed E-state index contributed by atoms with van der Waals surface area (Å²) < 4.78 is 0. The van der Waals surface area contributed by atoms with Crippen LogP contribution in [0.1, 0.15) is 28.7 Å². The first-order valence-electron chi connectivity index (χ1n) is 10.7. The number of aryl methyl sites for hydroxylation is 1.